The van der Waals surface area contributed by atoms with Crippen LogP contribution in [-0.4, -0.2) is 32.1 Å². The SMILES string of the molecule is CCCCCCC1C2CC3(O)CC(O)(C2)CC1(O)C3. The minimum absolute atomic E-state index is 0.296. The zero-order valence-corrected chi connectivity index (χ0v) is 12.1. The summed E-state index contributed by atoms with van der Waals surface area (Å²) < 4.78 is 0. The van der Waals surface area contributed by atoms with E-state index in [0.29, 0.717) is 31.1 Å². The third kappa shape index (κ3) is 2.34. The molecule has 0 spiro atoms. The molecule has 4 aliphatic rings. The summed E-state index contributed by atoms with van der Waals surface area (Å²) >= 11 is 0. The summed E-state index contributed by atoms with van der Waals surface area (Å²) in [6, 6.07) is 0. The molecule has 4 aliphatic carbocycles. The molecule has 0 aliphatic heterocycles. The molecule has 0 aromatic rings. The molecule has 4 bridgehead atoms. The molecule has 0 aromatic carbocycles. The zero-order valence-electron chi connectivity index (χ0n) is 12.1. The van der Waals surface area contributed by atoms with E-state index in [4.69, 9.17) is 0 Å². The smallest absolute Gasteiger partial charge is 0.0733 e. The van der Waals surface area contributed by atoms with Crippen LogP contribution in [0.2, 0.25) is 0 Å². The molecule has 3 unspecified atom stereocenters. The van der Waals surface area contributed by atoms with Crippen molar-refractivity contribution in [2.75, 3.05) is 0 Å². The molecule has 4 rings (SSSR count). The minimum Gasteiger partial charge on any atom is -0.390 e. The second kappa shape index (κ2) is 4.44. The second-order valence-electron chi connectivity index (χ2n) is 7.71. The van der Waals surface area contributed by atoms with E-state index in [1.807, 2.05) is 0 Å². The third-order valence-electron chi connectivity index (χ3n) is 5.84. The first-order valence-electron chi connectivity index (χ1n) is 8.05. The first-order valence-corrected chi connectivity index (χ1v) is 8.05. The Morgan fingerprint density at radius 1 is 0.895 bits per heavy atom. The maximum absolute atomic E-state index is 10.9. The summed E-state index contributed by atoms with van der Waals surface area (Å²) in [7, 11) is 0. The molecule has 3 nitrogen and oxygen atoms in total. The first kappa shape index (κ1) is 13.8. The van der Waals surface area contributed by atoms with Gasteiger partial charge in [-0.2, -0.15) is 0 Å². The number of aliphatic hydroxyl groups is 3. The van der Waals surface area contributed by atoms with Gasteiger partial charge in [0.05, 0.1) is 16.8 Å². The van der Waals surface area contributed by atoms with Crippen molar-refractivity contribution in [3.05, 3.63) is 0 Å². The third-order valence-corrected chi connectivity index (χ3v) is 5.84. The quantitative estimate of drug-likeness (QED) is 0.671. The Bertz CT molecular complexity index is 336. The van der Waals surface area contributed by atoms with Crippen LogP contribution < -0.4 is 0 Å². The Morgan fingerprint density at radius 3 is 2.05 bits per heavy atom. The van der Waals surface area contributed by atoms with Crippen molar-refractivity contribution in [1.82, 2.24) is 0 Å². The monoisotopic (exact) mass is 268 g/mol. The largest absolute Gasteiger partial charge is 0.390 e. The highest BCUT2D eigenvalue weighted by Crippen LogP contribution is 2.62. The van der Waals surface area contributed by atoms with Crippen LogP contribution in [0, 0.1) is 11.8 Å². The van der Waals surface area contributed by atoms with Gasteiger partial charge in [-0.05, 0) is 31.1 Å². The van der Waals surface area contributed by atoms with E-state index in [1.54, 1.807) is 0 Å². The van der Waals surface area contributed by atoms with Gasteiger partial charge in [0.1, 0.15) is 0 Å². The predicted molar refractivity (Wildman–Crippen MR) is 73.7 cm³/mol. The Labute approximate surface area is 116 Å². The van der Waals surface area contributed by atoms with Gasteiger partial charge in [0.2, 0.25) is 0 Å². The molecule has 3 atom stereocenters. The van der Waals surface area contributed by atoms with Crippen LogP contribution in [0.3, 0.4) is 0 Å². The standard InChI is InChI=1S/C16H28O3/c1-2-3-4-5-6-13-12-7-14(17)9-15(18,8-12)11-16(13,19)10-14/h12-13,17-19H,2-11H2,1H3. The van der Waals surface area contributed by atoms with Crippen molar-refractivity contribution in [3.63, 3.8) is 0 Å². The molecule has 0 saturated heterocycles. The molecule has 3 heteroatoms. The lowest BCUT2D eigenvalue weighted by Crippen LogP contribution is -2.69. The average molecular weight is 268 g/mol. The molecule has 0 heterocycles. The number of hydrogen-bond acceptors (Lipinski definition) is 3. The summed E-state index contributed by atoms with van der Waals surface area (Å²) in [5.41, 5.74) is -2.41. The molecular formula is C16H28O3. The van der Waals surface area contributed by atoms with Gasteiger partial charge in [-0.1, -0.05) is 32.6 Å². The van der Waals surface area contributed by atoms with E-state index in [9.17, 15) is 15.3 Å². The molecule has 4 saturated carbocycles. The molecule has 4 fully saturated rings. The Balaban J connectivity index is 1.70. The number of rotatable bonds is 5. The summed E-state index contributed by atoms with van der Waals surface area (Å²) in [5, 5.41) is 32.0. The molecule has 19 heavy (non-hydrogen) atoms. The Hall–Kier alpha value is -0.120. The molecule has 0 radical (unpaired) electrons. The lowest BCUT2D eigenvalue weighted by atomic mass is 9.46. The van der Waals surface area contributed by atoms with Gasteiger partial charge in [-0.15, -0.1) is 0 Å². The average Bonchev–Trinajstić information content (AvgIpc) is 2.22. The molecule has 0 amide bonds. The summed E-state index contributed by atoms with van der Waals surface area (Å²) in [6.07, 6.45) is 9.00. The molecular weight excluding hydrogens is 240 g/mol. The van der Waals surface area contributed by atoms with Crippen molar-refractivity contribution in [2.45, 2.75) is 87.9 Å². The number of unbranched alkanes of at least 4 members (excludes halogenated alkanes) is 3. The highest BCUT2D eigenvalue weighted by atomic mass is 16.3. The van der Waals surface area contributed by atoms with Crippen molar-refractivity contribution >= 4 is 0 Å². The van der Waals surface area contributed by atoms with Crippen molar-refractivity contribution in [1.29, 1.82) is 0 Å². The van der Waals surface area contributed by atoms with E-state index >= 15 is 0 Å². The Kier molecular flexibility index (Phi) is 3.23. The minimum atomic E-state index is -0.810. The predicted octanol–water partition coefficient (Wildman–Crippen LogP) is 2.37. The summed E-state index contributed by atoms with van der Waals surface area (Å²) in [4.78, 5) is 0. The summed E-state index contributed by atoms with van der Waals surface area (Å²) in [5.74, 6) is 0.614. The Morgan fingerprint density at radius 2 is 1.53 bits per heavy atom. The van der Waals surface area contributed by atoms with Gasteiger partial charge in [0.15, 0.2) is 0 Å². The van der Waals surface area contributed by atoms with Crippen LogP contribution in [0.15, 0.2) is 0 Å². The fourth-order valence-electron chi connectivity index (χ4n) is 5.56. The lowest BCUT2D eigenvalue weighted by Gasteiger charge is -2.65. The molecule has 3 N–H and O–H groups in total. The molecule has 110 valence electrons. The van der Waals surface area contributed by atoms with Gasteiger partial charge >= 0.3 is 0 Å². The van der Waals surface area contributed by atoms with Crippen molar-refractivity contribution < 1.29 is 15.3 Å². The van der Waals surface area contributed by atoms with Gasteiger partial charge in [-0.3, -0.25) is 0 Å². The van der Waals surface area contributed by atoms with E-state index in [2.05, 4.69) is 6.92 Å². The van der Waals surface area contributed by atoms with Crippen LogP contribution in [0.4, 0.5) is 0 Å². The normalized spacial score (nSPS) is 51.8. The van der Waals surface area contributed by atoms with E-state index in [0.717, 1.165) is 19.3 Å². The van der Waals surface area contributed by atoms with Crippen LogP contribution in [0.5, 0.6) is 0 Å². The van der Waals surface area contributed by atoms with Gasteiger partial charge in [0, 0.05) is 19.3 Å². The maximum Gasteiger partial charge on any atom is 0.0733 e. The topological polar surface area (TPSA) is 60.7 Å². The summed E-state index contributed by atoms with van der Waals surface area (Å²) in [6.45, 7) is 2.21. The van der Waals surface area contributed by atoms with E-state index < -0.39 is 16.8 Å². The maximum atomic E-state index is 10.9. The number of hydrogen-bond donors (Lipinski definition) is 3. The zero-order chi connectivity index (χ0) is 13.7. The van der Waals surface area contributed by atoms with Crippen LogP contribution >= 0.6 is 0 Å². The van der Waals surface area contributed by atoms with Crippen LogP contribution in [0.1, 0.15) is 71.1 Å². The van der Waals surface area contributed by atoms with E-state index in [-0.39, 0.29) is 0 Å². The van der Waals surface area contributed by atoms with Crippen molar-refractivity contribution in [2.24, 2.45) is 11.8 Å². The highest BCUT2D eigenvalue weighted by Gasteiger charge is 2.66. The van der Waals surface area contributed by atoms with E-state index in [1.165, 1.54) is 25.7 Å². The van der Waals surface area contributed by atoms with Gasteiger partial charge in [-0.25, -0.2) is 0 Å². The second-order valence-corrected chi connectivity index (χ2v) is 7.71. The first-order chi connectivity index (χ1) is 8.88. The fraction of sp³-hybridized carbons (Fsp3) is 1.00. The highest BCUT2D eigenvalue weighted by molar-refractivity contribution is 5.18. The lowest BCUT2D eigenvalue weighted by molar-refractivity contribution is -0.280. The van der Waals surface area contributed by atoms with Gasteiger partial charge < -0.3 is 15.3 Å². The van der Waals surface area contributed by atoms with Crippen molar-refractivity contribution in [3.8, 4) is 0 Å². The van der Waals surface area contributed by atoms with Crippen LogP contribution in [-0.2, 0) is 0 Å². The molecule has 0 aromatic heterocycles. The fourth-order valence-corrected chi connectivity index (χ4v) is 5.56. The van der Waals surface area contributed by atoms with Gasteiger partial charge in [0.25, 0.3) is 0 Å². The van der Waals surface area contributed by atoms with Crippen LogP contribution in [0.25, 0.3) is 0 Å².